The van der Waals surface area contributed by atoms with Gasteiger partial charge >= 0.3 is 0 Å². The number of nitrogens with one attached hydrogen (secondary N) is 1. The van der Waals surface area contributed by atoms with Crippen molar-refractivity contribution < 1.29 is 28.2 Å². The van der Waals surface area contributed by atoms with Crippen LogP contribution in [0.15, 0.2) is 24.5 Å². The zero-order chi connectivity index (χ0) is 26.4. The highest BCUT2D eigenvalue weighted by Gasteiger charge is 2.43. The Hall–Kier alpha value is -2.85. The van der Waals surface area contributed by atoms with Crippen LogP contribution in [0.2, 0.25) is 0 Å². The molecule has 1 aromatic carbocycles. The number of hydrogen-bond acceptors (Lipinski definition) is 7. The second kappa shape index (κ2) is 12.6. The molecule has 37 heavy (non-hydrogen) atoms. The van der Waals surface area contributed by atoms with E-state index < -0.39 is 30.1 Å². The zero-order valence-corrected chi connectivity index (χ0v) is 21.5. The summed E-state index contributed by atoms with van der Waals surface area (Å²) in [6.45, 7) is 4.33. The Morgan fingerprint density at radius 2 is 1.89 bits per heavy atom. The van der Waals surface area contributed by atoms with Crippen molar-refractivity contribution in [3.63, 3.8) is 0 Å². The van der Waals surface area contributed by atoms with Crippen LogP contribution in [0, 0.1) is 29.4 Å². The van der Waals surface area contributed by atoms with Crippen molar-refractivity contribution in [3.8, 4) is 5.75 Å². The van der Waals surface area contributed by atoms with E-state index in [1.807, 2.05) is 12.4 Å². The van der Waals surface area contributed by atoms with Gasteiger partial charge in [0.2, 0.25) is 11.9 Å². The van der Waals surface area contributed by atoms with Crippen molar-refractivity contribution in [2.45, 2.75) is 51.7 Å². The molecule has 8 nitrogen and oxygen atoms in total. The van der Waals surface area contributed by atoms with Crippen molar-refractivity contribution in [2.75, 3.05) is 38.3 Å². The average Bonchev–Trinajstić information content (AvgIpc) is 3.65. The lowest BCUT2D eigenvalue weighted by Gasteiger charge is -2.32. The van der Waals surface area contributed by atoms with Gasteiger partial charge in [-0.3, -0.25) is 4.79 Å². The van der Waals surface area contributed by atoms with Crippen LogP contribution in [0.25, 0.3) is 0 Å². The van der Waals surface area contributed by atoms with Gasteiger partial charge in [-0.15, -0.1) is 0 Å². The van der Waals surface area contributed by atoms with Crippen LogP contribution < -0.4 is 15.0 Å². The summed E-state index contributed by atoms with van der Waals surface area (Å²) >= 11 is 0. The summed E-state index contributed by atoms with van der Waals surface area (Å²) in [6.07, 6.45) is 6.70. The smallest absolute Gasteiger partial charge is 0.225 e. The monoisotopic (exact) mass is 518 g/mol. The number of halogens is 2. The minimum Gasteiger partial charge on any atom is -0.493 e. The van der Waals surface area contributed by atoms with Crippen LogP contribution in [0.3, 0.4) is 0 Å². The molecule has 2 aliphatic rings. The number of amides is 1. The maximum Gasteiger partial charge on any atom is 0.225 e. The van der Waals surface area contributed by atoms with E-state index in [0.29, 0.717) is 31.0 Å². The number of aliphatic hydroxyl groups is 1. The van der Waals surface area contributed by atoms with Gasteiger partial charge in [-0.25, -0.2) is 18.7 Å². The van der Waals surface area contributed by atoms with Crippen LogP contribution in [-0.2, 0) is 22.6 Å². The molecule has 202 valence electrons. The van der Waals surface area contributed by atoms with E-state index in [2.05, 4.69) is 20.2 Å². The summed E-state index contributed by atoms with van der Waals surface area (Å²) in [7, 11) is 1.65. The lowest BCUT2D eigenvalue weighted by molar-refractivity contribution is -0.120. The SMILES string of the molecule is COCc1cnc(N2CCC([C@H]3C[C@H]3CCOc3cc(F)c(CC(=O)NCC(C)O)c(F)c3)CC2)nc1. The number of hydrogen-bond donors (Lipinski definition) is 2. The van der Waals surface area contributed by atoms with Gasteiger partial charge < -0.3 is 24.8 Å². The second-order valence-corrected chi connectivity index (χ2v) is 10.1. The molecule has 1 aromatic heterocycles. The third kappa shape index (κ3) is 7.58. The van der Waals surface area contributed by atoms with Crippen LogP contribution >= 0.6 is 0 Å². The van der Waals surface area contributed by atoms with E-state index in [1.165, 1.54) is 13.3 Å². The molecule has 1 aliphatic heterocycles. The van der Waals surface area contributed by atoms with E-state index in [9.17, 15) is 18.7 Å². The normalized spacial score (nSPS) is 20.5. The maximum atomic E-state index is 14.4. The number of aromatic nitrogens is 2. The molecule has 0 radical (unpaired) electrons. The Morgan fingerprint density at radius 1 is 1.22 bits per heavy atom. The summed E-state index contributed by atoms with van der Waals surface area (Å²) in [4.78, 5) is 23.0. The van der Waals surface area contributed by atoms with Crippen LogP contribution in [-0.4, -0.2) is 60.4 Å². The first-order valence-corrected chi connectivity index (χ1v) is 12.9. The lowest BCUT2D eigenvalue weighted by atomic mass is 9.90. The predicted molar refractivity (Wildman–Crippen MR) is 134 cm³/mol. The molecule has 1 unspecified atom stereocenters. The molecule has 0 spiro atoms. The number of ether oxygens (including phenoxy) is 2. The Morgan fingerprint density at radius 3 is 2.51 bits per heavy atom. The molecule has 3 atom stereocenters. The van der Waals surface area contributed by atoms with Crippen molar-refractivity contribution in [3.05, 3.63) is 47.3 Å². The number of aliphatic hydroxyl groups excluding tert-OH is 1. The molecule has 2 fully saturated rings. The first-order chi connectivity index (χ1) is 17.8. The molecule has 10 heteroatoms. The molecule has 0 bridgehead atoms. The largest absolute Gasteiger partial charge is 0.493 e. The molecule has 1 amide bonds. The topological polar surface area (TPSA) is 96.8 Å². The van der Waals surface area contributed by atoms with E-state index in [-0.39, 0.29) is 17.9 Å². The summed E-state index contributed by atoms with van der Waals surface area (Å²) in [5, 5.41) is 11.6. The van der Waals surface area contributed by atoms with Gasteiger partial charge in [0.15, 0.2) is 0 Å². The molecule has 2 aromatic rings. The predicted octanol–water partition coefficient (Wildman–Crippen LogP) is 3.26. The van der Waals surface area contributed by atoms with Crippen molar-refractivity contribution in [1.29, 1.82) is 0 Å². The molecular weight excluding hydrogens is 482 g/mol. The Labute approximate surface area is 216 Å². The number of nitrogens with zero attached hydrogens (tertiary/aromatic N) is 3. The fourth-order valence-corrected chi connectivity index (χ4v) is 5.11. The Bertz CT molecular complexity index is 1020. The van der Waals surface area contributed by atoms with Crippen molar-refractivity contribution in [2.24, 2.45) is 17.8 Å². The molecule has 2 heterocycles. The fraction of sp³-hybridized carbons (Fsp3) is 0.593. The standard InChI is InChI=1S/C27H36F2N4O4/c1-17(34)13-30-26(35)12-23-24(28)10-21(11-25(23)29)37-8-5-20-9-22(20)19-3-6-33(7-4-19)27-31-14-18(15-32-27)16-36-2/h10-11,14-15,17,19-20,22,34H,3-9,12-13,16H2,1-2H3,(H,30,35)/t17?,20-,22-/m1/s1. The van der Waals surface area contributed by atoms with Gasteiger partial charge in [-0.2, -0.15) is 0 Å². The van der Waals surface area contributed by atoms with E-state index in [0.717, 1.165) is 56.0 Å². The van der Waals surface area contributed by atoms with Gasteiger partial charge in [0.25, 0.3) is 0 Å². The van der Waals surface area contributed by atoms with E-state index in [4.69, 9.17) is 9.47 Å². The number of carbonyl (C=O) groups excluding carboxylic acids is 1. The third-order valence-corrected chi connectivity index (χ3v) is 7.21. The van der Waals surface area contributed by atoms with Gasteiger partial charge in [-0.05, 0) is 50.4 Å². The number of carbonyl (C=O) groups is 1. The minimum atomic E-state index is -0.810. The van der Waals surface area contributed by atoms with Crippen LogP contribution in [0.1, 0.15) is 43.7 Å². The molecule has 2 N–H and O–H groups in total. The lowest BCUT2D eigenvalue weighted by Crippen LogP contribution is -2.35. The zero-order valence-electron chi connectivity index (χ0n) is 21.5. The van der Waals surface area contributed by atoms with E-state index >= 15 is 0 Å². The van der Waals surface area contributed by atoms with Gasteiger partial charge in [0, 0.05) is 62.4 Å². The molecule has 1 saturated carbocycles. The molecule has 1 aliphatic carbocycles. The highest BCUT2D eigenvalue weighted by atomic mass is 19.1. The second-order valence-electron chi connectivity index (χ2n) is 10.1. The summed E-state index contributed by atoms with van der Waals surface area (Å²) < 4.78 is 39.6. The molecular formula is C27H36F2N4O4. The number of anilines is 1. The maximum absolute atomic E-state index is 14.4. The minimum absolute atomic E-state index is 0.0298. The number of benzene rings is 1. The van der Waals surface area contributed by atoms with E-state index in [1.54, 1.807) is 7.11 Å². The summed E-state index contributed by atoms with van der Waals surface area (Å²) in [5.41, 5.74) is 0.655. The average molecular weight is 519 g/mol. The van der Waals surface area contributed by atoms with Crippen molar-refractivity contribution >= 4 is 11.9 Å². The van der Waals surface area contributed by atoms with Gasteiger partial charge in [0.05, 0.1) is 25.7 Å². The highest BCUT2D eigenvalue weighted by molar-refractivity contribution is 5.78. The molecule has 1 saturated heterocycles. The number of methoxy groups -OCH3 is 1. The number of piperidine rings is 1. The highest BCUT2D eigenvalue weighted by Crippen LogP contribution is 2.49. The van der Waals surface area contributed by atoms with Crippen molar-refractivity contribution in [1.82, 2.24) is 15.3 Å². The first kappa shape index (κ1) is 27.2. The molecule has 4 rings (SSSR count). The number of rotatable bonds is 12. The Balaban J connectivity index is 1.17. The quantitative estimate of drug-likeness (QED) is 0.445. The summed E-state index contributed by atoms with van der Waals surface area (Å²) in [6, 6.07) is 2.26. The first-order valence-electron chi connectivity index (χ1n) is 12.9. The fourth-order valence-electron chi connectivity index (χ4n) is 5.11. The van der Waals surface area contributed by atoms with Crippen LogP contribution in [0.4, 0.5) is 14.7 Å². The summed E-state index contributed by atoms with van der Waals surface area (Å²) in [5.74, 6) is 0.648. The van der Waals surface area contributed by atoms with Gasteiger partial charge in [0.1, 0.15) is 17.4 Å². The Kier molecular flexibility index (Phi) is 9.26. The van der Waals surface area contributed by atoms with Gasteiger partial charge in [-0.1, -0.05) is 0 Å². The third-order valence-electron chi connectivity index (χ3n) is 7.21. The van der Waals surface area contributed by atoms with Crippen LogP contribution in [0.5, 0.6) is 5.75 Å².